The Morgan fingerprint density at radius 1 is 1.15 bits per heavy atom. The predicted octanol–water partition coefficient (Wildman–Crippen LogP) is 2.85. The van der Waals surface area contributed by atoms with Gasteiger partial charge in [-0.2, -0.15) is 0 Å². The molecule has 3 nitrogen and oxygen atoms in total. The first-order valence-electron chi connectivity index (χ1n) is 7.19. The number of aromatic hydroxyl groups is 1. The molecule has 0 saturated carbocycles. The van der Waals surface area contributed by atoms with Crippen molar-refractivity contribution < 1.29 is 5.11 Å². The number of rotatable bonds is 4. The minimum Gasteiger partial charge on any atom is -0.508 e. The maximum Gasteiger partial charge on any atom is 0.120 e. The van der Waals surface area contributed by atoms with Crippen molar-refractivity contribution in [3.05, 3.63) is 59.9 Å². The van der Waals surface area contributed by atoms with Gasteiger partial charge in [0.05, 0.1) is 0 Å². The second-order valence-corrected chi connectivity index (χ2v) is 5.58. The topological polar surface area (TPSA) is 36.4 Å². The molecule has 1 unspecified atom stereocenters. The summed E-state index contributed by atoms with van der Waals surface area (Å²) < 4.78 is 0. The Labute approximate surface area is 119 Å². The zero-order chi connectivity index (χ0) is 13.8. The van der Waals surface area contributed by atoms with Crippen LogP contribution in [0.15, 0.2) is 48.8 Å². The Hall–Kier alpha value is -1.87. The summed E-state index contributed by atoms with van der Waals surface area (Å²) in [5.41, 5.74) is 2.39. The lowest BCUT2D eigenvalue weighted by Gasteiger charge is -2.16. The van der Waals surface area contributed by atoms with E-state index in [1.165, 1.54) is 12.0 Å². The number of phenols is 1. The largest absolute Gasteiger partial charge is 0.508 e. The highest BCUT2D eigenvalue weighted by Gasteiger charge is 2.23. The monoisotopic (exact) mass is 268 g/mol. The number of para-hydroxylation sites is 1. The van der Waals surface area contributed by atoms with Gasteiger partial charge in [-0.05, 0) is 49.1 Å². The van der Waals surface area contributed by atoms with E-state index in [-0.39, 0.29) is 0 Å². The molecule has 20 heavy (non-hydrogen) atoms. The average Bonchev–Trinajstić information content (AvgIpc) is 2.90. The van der Waals surface area contributed by atoms with Gasteiger partial charge in [0.15, 0.2) is 0 Å². The van der Waals surface area contributed by atoms with Crippen LogP contribution in [0.5, 0.6) is 5.75 Å². The molecular formula is C17H20N2O. The average molecular weight is 268 g/mol. The van der Waals surface area contributed by atoms with E-state index < -0.39 is 0 Å². The zero-order valence-electron chi connectivity index (χ0n) is 11.6. The van der Waals surface area contributed by atoms with E-state index in [2.05, 4.69) is 22.0 Å². The number of phenolic OH excluding ortho intramolecular Hbond substituents is 1. The second kappa shape index (κ2) is 6.06. The molecule has 0 bridgehead atoms. The third-order valence-electron chi connectivity index (χ3n) is 4.03. The molecule has 1 aliphatic rings. The Kier molecular flexibility index (Phi) is 3.97. The molecule has 0 aliphatic carbocycles. The highest BCUT2D eigenvalue weighted by molar-refractivity contribution is 5.31. The van der Waals surface area contributed by atoms with E-state index in [9.17, 15) is 5.11 Å². The Bertz CT molecular complexity index is 556. The van der Waals surface area contributed by atoms with E-state index in [1.807, 2.05) is 30.6 Å². The molecule has 104 valence electrons. The third kappa shape index (κ3) is 3.17. The van der Waals surface area contributed by atoms with Crippen molar-refractivity contribution in [2.75, 3.05) is 13.1 Å². The SMILES string of the molecule is Oc1ccccc1CN1CCC(Cc2ccncc2)C1. The van der Waals surface area contributed by atoms with Gasteiger partial charge < -0.3 is 5.11 Å². The number of pyridine rings is 1. The second-order valence-electron chi connectivity index (χ2n) is 5.58. The van der Waals surface area contributed by atoms with Crippen LogP contribution in [0, 0.1) is 5.92 Å². The number of likely N-dealkylation sites (tertiary alicyclic amines) is 1. The molecule has 3 heteroatoms. The van der Waals surface area contributed by atoms with Crippen LogP contribution in [0.2, 0.25) is 0 Å². The van der Waals surface area contributed by atoms with Crippen LogP contribution in [0.4, 0.5) is 0 Å². The van der Waals surface area contributed by atoms with Crippen LogP contribution in [0.25, 0.3) is 0 Å². The molecule has 1 saturated heterocycles. The fraction of sp³-hybridized carbons (Fsp3) is 0.353. The first kappa shape index (κ1) is 13.1. The van der Waals surface area contributed by atoms with Crippen LogP contribution in [0.1, 0.15) is 17.5 Å². The lowest BCUT2D eigenvalue weighted by atomic mass is 10.00. The summed E-state index contributed by atoms with van der Waals surface area (Å²) in [5.74, 6) is 1.12. The molecule has 1 aromatic heterocycles. The Balaban J connectivity index is 1.56. The third-order valence-corrected chi connectivity index (χ3v) is 4.03. The van der Waals surface area contributed by atoms with Gasteiger partial charge in [-0.3, -0.25) is 9.88 Å². The summed E-state index contributed by atoms with van der Waals surface area (Å²) in [6, 6.07) is 11.8. The fourth-order valence-electron chi connectivity index (χ4n) is 2.96. The van der Waals surface area contributed by atoms with E-state index in [4.69, 9.17) is 0 Å². The van der Waals surface area contributed by atoms with Crippen molar-refractivity contribution in [1.29, 1.82) is 0 Å². The van der Waals surface area contributed by atoms with Gasteiger partial charge in [-0.15, -0.1) is 0 Å². The van der Waals surface area contributed by atoms with Gasteiger partial charge in [-0.25, -0.2) is 0 Å². The van der Waals surface area contributed by atoms with Crippen molar-refractivity contribution in [1.82, 2.24) is 9.88 Å². The van der Waals surface area contributed by atoms with Gasteiger partial charge >= 0.3 is 0 Å². The van der Waals surface area contributed by atoms with Crippen LogP contribution < -0.4 is 0 Å². The van der Waals surface area contributed by atoms with E-state index in [0.717, 1.165) is 31.6 Å². The maximum atomic E-state index is 9.84. The minimum absolute atomic E-state index is 0.407. The molecule has 0 spiro atoms. The number of aromatic nitrogens is 1. The van der Waals surface area contributed by atoms with Gasteiger partial charge in [0.1, 0.15) is 5.75 Å². The van der Waals surface area contributed by atoms with Gasteiger partial charge in [0.25, 0.3) is 0 Å². The summed E-state index contributed by atoms with van der Waals surface area (Å²) in [6.07, 6.45) is 6.09. The number of hydrogen-bond acceptors (Lipinski definition) is 3. The van der Waals surface area contributed by atoms with Crippen LogP contribution in [-0.4, -0.2) is 28.1 Å². The molecular weight excluding hydrogens is 248 g/mol. The number of nitrogens with zero attached hydrogens (tertiary/aromatic N) is 2. The quantitative estimate of drug-likeness (QED) is 0.926. The van der Waals surface area contributed by atoms with Crippen LogP contribution in [-0.2, 0) is 13.0 Å². The number of benzene rings is 1. The molecule has 1 atom stereocenters. The minimum atomic E-state index is 0.407. The molecule has 0 amide bonds. The van der Waals surface area contributed by atoms with E-state index in [0.29, 0.717) is 11.7 Å². The molecule has 3 rings (SSSR count). The van der Waals surface area contributed by atoms with Crippen molar-refractivity contribution in [3.8, 4) is 5.75 Å². The van der Waals surface area contributed by atoms with Crippen LogP contribution in [0.3, 0.4) is 0 Å². The predicted molar refractivity (Wildman–Crippen MR) is 79.4 cm³/mol. The first-order valence-corrected chi connectivity index (χ1v) is 7.19. The molecule has 1 aromatic carbocycles. The summed E-state index contributed by atoms with van der Waals surface area (Å²) in [6.45, 7) is 3.07. The molecule has 2 aromatic rings. The lowest BCUT2D eigenvalue weighted by Crippen LogP contribution is -2.20. The highest BCUT2D eigenvalue weighted by atomic mass is 16.3. The molecule has 1 fully saturated rings. The lowest BCUT2D eigenvalue weighted by molar-refractivity contribution is 0.310. The standard InChI is InChI=1S/C17H20N2O/c20-17-4-2-1-3-16(17)13-19-10-7-15(12-19)11-14-5-8-18-9-6-14/h1-6,8-9,15,20H,7,10-13H2. The van der Waals surface area contributed by atoms with Crippen molar-refractivity contribution >= 4 is 0 Å². The summed E-state index contributed by atoms with van der Waals surface area (Å²) >= 11 is 0. The Morgan fingerprint density at radius 2 is 1.95 bits per heavy atom. The van der Waals surface area contributed by atoms with Crippen molar-refractivity contribution in [2.45, 2.75) is 19.4 Å². The molecule has 1 aliphatic heterocycles. The maximum absolute atomic E-state index is 9.84. The smallest absolute Gasteiger partial charge is 0.120 e. The summed E-state index contributed by atoms with van der Waals surface area (Å²) in [4.78, 5) is 6.49. The fourth-order valence-corrected chi connectivity index (χ4v) is 2.96. The normalized spacial score (nSPS) is 19.3. The molecule has 2 heterocycles. The van der Waals surface area contributed by atoms with Gasteiger partial charge in [-0.1, -0.05) is 18.2 Å². The van der Waals surface area contributed by atoms with E-state index >= 15 is 0 Å². The number of hydrogen-bond donors (Lipinski definition) is 1. The van der Waals surface area contributed by atoms with Crippen molar-refractivity contribution in [2.24, 2.45) is 5.92 Å². The van der Waals surface area contributed by atoms with Gasteiger partial charge in [0.2, 0.25) is 0 Å². The molecule has 0 radical (unpaired) electrons. The van der Waals surface area contributed by atoms with Crippen molar-refractivity contribution in [3.63, 3.8) is 0 Å². The van der Waals surface area contributed by atoms with E-state index in [1.54, 1.807) is 6.07 Å². The highest BCUT2D eigenvalue weighted by Crippen LogP contribution is 2.24. The molecule has 1 N–H and O–H groups in total. The zero-order valence-corrected chi connectivity index (χ0v) is 11.6. The summed E-state index contributed by atoms with van der Waals surface area (Å²) in [7, 11) is 0. The van der Waals surface area contributed by atoms with Crippen LogP contribution >= 0.6 is 0 Å². The first-order chi connectivity index (χ1) is 9.81. The Morgan fingerprint density at radius 3 is 2.75 bits per heavy atom. The van der Waals surface area contributed by atoms with Gasteiger partial charge in [0, 0.05) is 31.0 Å². The summed E-state index contributed by atoms with van der Waals surface area (Å²) in [5, 5.41) is 9.84.